The van der Waals surface area contributed by atoms with Crippen LogP contribution in [0, 0.1) is 29.6 Å². The molecule has 0 aliphatic carbocycles. The van der Waals surface area contributed by atoms with Gasteiger partial charge < -0.3 is 76.3 Å². The van der Waals surface area contributed by atoms with Gasteiger partial charge in [-0.2, -0.15) is 11.8 Å². The number of methoxy groups -OCH3 is 2. The van der Waals surface area contributed by atoms with Crippen molar-refractivity contribution >= 4 is 105 Å². The Morgan fingerprint density at radius 3 is 1.93 bits per heavy atom. The van der Waals surface area contributed by atoms with Gasteiger partial charge in [0.2, 0.25) is 59.1 Å². The predicted octanol–water partition coefficient (Wildman–Crippen LogP) is 5.09. The number of anilines is 1. The number of benzene rings is 2. The van der Waals surface area contributed by atoms with Crippen LogP contribution in [0.4, 0.5) is 15.3 Å². The predicted molar refractivity (Wildman–Crippen MR) is 404 cm³/mol. The van der Waals surface area contributed by atoms with E-state index in [1.165, 1.54) is 33.8 Å². The Morgan fingerprint density at radius 1 is 0.733 bits per heavy atom. The number of rotatable bonds is 40. The number of amides is 13. The van der Waals surface area contributed by atoms with E-state index in [1.807, 2.05) is 51.1 Å². The number of likely N-dealkylation sites (tertiary alicyclic amines) is 1. The van der Waals surface area contributed by atoms with Crippen molar-refractivity contribution < 1.29 is 71.7 Å². The smallest absolute Gasteiger partial charge is 0.410 e. The highest BCUT2D eigenvalue weighted by atomic mass is 32.2. The molecule has 580 valence electrons. The van der Waals surface area contributed by atoms with Crippen molar-refractivity contribution in [2.45, 2.75) is 175 Å². The number of urea groups is 1. The van der Waals surface area contributed by atoms with E-state index < -0.39 is 126 Å². The Morgan fingerprint density at radius 2 is 1.37 bits per heavy atom. The Balaban J connectivity index is 1.17. The summed E-state index contributed by atoms with van der Waals surface area (Å²) < 4.78 is 18.0. The average Bonchev–Trinajstić information content (AvgIpc) is 1.80. The summed E-state index contributed by atoms with van der Waals surface area (Å²) in [4.78, 5) is 176. The summed E-state index contributed by atoms with van der Waals surface area (Å²) in [5.74, 6) is -5.70. The number of hydrogen-bond donors (Lipinski definition) is 7. The maximum atomic E-state index is 14.9. The van der Waals surface area contributed by atoms with Crippen molar-refractivity contribution in [2.75, 3.05) is 90.5 Å². The molecular formula is C74H112N14O15S2. The summed E-state index contributed by atoms with van der Waals surface area (Å²) in [5, 5.41) is 17.8. The van der Waals surface area contributed by atoms with Crippen molar-refractivity contribution in [3.8, 4) is 0 Å². The fourth-order valence-corrected chi connectivity index (χ4v) is 14.8. The first kappa shape index (κ1) is 87.1. The quantitative estimate of drug-likeness (QED) is 0.0337. The molecule has 3 aliphatic heterocycles. The standard InChI is InChI=1S/C74H112N14O15S2/c1-16-48(10)65(56(101-14)39-61(93)88-35-23-27-55(88)66(102-15)49(11)67(94)80-54(71-76-34-37-105-71)38-50-24-20-19-21-25-50)83(12)72(98)63(46(6)7)82-70(97)64(47(8)9)84(13)74(100)103-40-51-28-30-52(31-29-51)78-68(95)53(26-22-33-77-73(75)99)79-69(96)62(45(4)5)81-57(89)41-104-36-32-60(92)87-43-85(58(90)17-2)42-86(44-87)59(91)18-3/h17-21,24-25,28-31,45-49,53-56,62-66H,2-3,16,22-23,26-27,32-44H2,1,4-15H3,(H,78,95)(H,79,96)(H,80,94)(H,81,89)(H,82,97)(H3,75,77,99)/t48-,49-,53+,54+,55+,56-,62+,63+,64+,65+,66-/m1/s1. The van der Waals surface area contributed by atoms with E-state index in [9.17, 15) is 57.5 Å². The lowest BCUT2D eigenvalue weighted by atomic mass is 9.89. The molecule has 3 heterocycles. The highest BCUT2D eigenvalue weighted by Gasteiger charge is 2.45. The van der Waals surface area contributed by atoms with Crippen LogP contribution in [0.15, 0.2) is 84.9 Å². The summed E-state index contributed by atoms with van der Waals surface area (Å²) in [6.45, 7) is 24.2. The van der Waals surface area contributed by atoms with Crippen LogP contribution in [0.25, 0.3) is 0 Å². The summed E-state index contributed by atoms with van der Waals surface area (Å²) in [6.07, 6.45) is 2.64. The SMILES string of the molecule is C=CC(=O)N1CN(C(=O)C=C)CN(C(=O)CCSCC(=O)N[C@H](C(=O)N[C@@H](CCCNC(N)=O)C(=O)Nc2ccc(COC(=O)N(C)[C@H](C(=O)N[C@H](C(=O)N(C)[C@@H]([C@H](C)CC)[C@@H](CC(=O)N3CCC[C@H]3[C@H](OC)[C@@H](C)C(=O)N[C@@H](Cc3ccccc3)C3=NCCS3)OC)C(C)C)C(C)C)cc2)C(C)C)C1. The van der Waals surface area contributed by atoms with Gasteiger partial charge in [-0.25, -0.2) is 9.59 Å². The van der Waals surface area contributed by atoms with Crippen LogP contribution in [-0.4, -0.2) is 245 Å². The number of likely N-dealkylation sites (N-methyl/N-ethyl adjacent to an activating group) is 2. The van der Waals surface area contributed by atoms with Gasteiger partial charge in [0.1, 0.15) is 30.8 Å². The molecule has 105 heavy (non-hydrogen) atoms. The van der Waals surface area contributed by atoms with Crippen molar-refractivity contribution in [3.05, 3.63) is 91.0 Å². The molecule has 0 spiro atoms. The van der Waals surface area contributed by atoms with Gasteiger partial charge in [0.15, 0.2) is 0 Å². The van der Waals surface area contributed by atoms with Crippen molar-refractivity contribution in [1.82, 2.24) is 56.0 Å². The van der Waals surface area contributed by atoms with E-state index in [-0.39, 0.29) is 100 Å². The third kappa shape index (κ3) is 25.9. The summed E-state index contributed by atoms with van der Waals surface area (Å²) >= 11 is 2.78. The fraction of sp³-hybridized carbons (Fsp3) is 0.608. The maximum absolute atomic E-state index is 14.9. The number of ether oxygens (including phenoxy) is 3. The minimum atomic E-state index is -1.16. The number of aliphatic imine (C=N–C) groups is 1. The second-order valence-electron chi connectivity index (χ2n) is 27.8. The van der Waals surface area contributed by atoms with Gasteiger partial charge >= 0.3 is 12.1 Å². The van der Waals surface area contributed by atoms with Gasteiger partial charge in [-0.15, -0.1) is 11.8 Å². The van der Waals surface area contributed by atoms with E-state index in [0.717, 1.165) is 40.3 Å². The van der Waals surface area contributed by atoms with Crippen LogP contribution in [0.2, 0.25) is 0 Å². The van der Waals surface area contributed by atoms with E-state index in [2.05, 4.69) is 45.1 Å². The monoisotopic (exact) mass is 1500 g/mol. The first-order chi connectivity index (χ1) is 49.9. The second-order valence-corrected chi connectivity index (χ2v) is 30.0. The molecule has 8 N–H and O–H groups in total. The average molecular weight is 1500 g/mol. The Bertz CT molecular complexity index is 3320. The highest BCUT2D eigenvalue weighted by molar-refractivity contribution is 8.14. The zero-order valence-corrected chi connectivity index (χ0v) is 64.9. The van der Waals surface area contributed by atoms with Crippen molar-refractivity contribution in [2.24, 2.45) is 40.3 Å². The number of primary amides is 1. The topological polar surface area (TPSA) is 363 Å². The number of carbonyl (C=O) groups is 12. The second kappa shape index (κ2) is 43.2. The van der Waals surface area contributed by atoms with Crippen molar-refractivity contribution in [1.29, 1.82) is 0 Å². The normalized spacial score (nSPS) is 17.3. The maximum Gasteiger partial charge on any atom is 0.410 e. The third-order valence-corrected chi connectivity index (χ3v) is 21.1. The first-order valence-corrected chi connectivity index (χ1v) is 38.1. The van der Waals surface area contributed by atoms with Gasteiger partial charge in [-0.3, -0.25) is 57.8 Å². The lowest BCUT2D eigenvalue weighted by Crippen LogP contribution is -2.60. The molecule has 2 fully saturated rings. The molecule has 5 rings (SSSR count). The summed E-state index contributed by atoms with van der Waals surface area (Å²) in [5.41, 5.74) is 7.17. The van der Waals surface area contributed by atoms with Gasteiger partial charge in [-0.1, -0.05) is 124 Å². The van der Waals surface area contributed by atoms with Gasteiger partial charge in [0.25, 0.3) is 0 Å². The van der Waals surface area contributed by atoms with Crippen LogP contribution >= 0.6 is 23.5 Å². The van der Waals surface area contributed by atoms with Crippen LogP contribution < -0.4 is 37.6 Å². The molecule has 0 aromatic heterocycles. The molecule has 2 saturated heterocycles. The molecule has 29 nitrogen and oxygen atoms in total. The number of thioether (sulfide) groups is 2. The van der Waals surface area contributed by atoms with Gasteiger partial charge in [0, 0.05) is 71.6 Å². The molecule has 0 radical (unpaired) electrons. The van der Waals surface area contributed by atoms with Crippen LogP contribution in [-0.2, 0) is 75.2 Å². The third-order valence-electron chi connectivity index (χ3n) is 19.1. The summed E-state index contributed by atoms with van der Waals surface area (Å²) in [7, 11) is 6.16. The number of nitrogens with two attached hydrogens (primary N) is 1. The number of nitrogens with one attached hydrogen (secondary N) is 6. The Kier molecular flexibility index (Phi) is 35.8. The van der Waals surface area contributed by atoms with E-state index >= 15 is 0 Å². The van der Waals surface area contributed by atoms with Crippen LogP contribution in [0.1, 0.15) is 118 Å². The summed E-state index contributed by atoms with van der Waals surface area (Å²) in [6, 6.07) is 9.76. The van der Waals surface area contributed by atoms with Crippen LogP contribution in [0.3, 0.4) is 0 Å². The lowest BCUT2D eigenvalue weighted by molar-refractivity contribution is -0.154. The molecule has 0 saturated carbocycles. The van der Waals surface area contributed by atoms with Crippen molar-refractivity contribution in [3.63, 3.8) is 0 Å². The molecule has 2 aromatic carbocycles. The highest BCUT2D eigenvalue weighted by Crippen LogP contribution is 2.31. The molecule has 31 heteroatoms. The first-order valence-electron chi connectivity index (χ1n) is 35.9. The molecule has 2 aromatic rings. The van der Waals surface area contributed by atoms with E-state index in [1.54, 1.807) is 102 Å². The number of nitrogens with zero attached hydrogens (tertiary/aromatic N) is 7. The molecule has 13 amide bonds. The van der Waals surface area contributed by atoms with Gasteiger partial charge in [-0.05, 0) is 91.2 Å². The number of carbonyl (C=O) groups excluding carboxylic acids is 12. The largest absolute Gasteiger partial charge is 0.445 e. The minimum Gasteiger partial charge on any atom is -0.445 e. The molecular weight excluding hydrogens is 1390 g/mol. The van der Waals surface area contributed by atoms with Gasteiger partial charge in [0.05, 0.1) is 73.5 Å². The molecule has 11 atom stereocenters. The Hall–Kier alpha value is -8.55. The van der Waals surface area contributed by atoms with E-state index in [0.29, 0.717) is 50.0 Å². The fourth-order valence-electron chi connectivity index (χ4n) is 13.1. The van der Waals surface area contributed by atoms with E-state index in [4.69, 9.17) is 24.9 Å². The number of hydrogen-bond acceptors (Lipinski definition) is 18. The molecule has 3 aliphatic rings. The van der Waals surface area contributed by atoms with Crippen LogP contribution in [0.5, 0.6) is 0 Å². The lowest BCUT2D eigenvalue weighted by Gasteiger charge is -2.41. The molecule has 0 bridgehead atoms. The Labute approximate surface area is 626 Å². The zero-order valence-electron chi connectivity index (χ0n) is 63.2. The minimum absolute atomic E-state index is 0.0232. The zero-order chi connectivity index (χ0) is 77.8. The molecule has 0 unspecified atom stereocenters.